The average molecular weight is 280 g/mol. The highest BCUT2D eigenvalue weighted by Crippen LogP contribution is 2.19. The Bertz CT molecular complexity index is 760. The van der Waals surface area contributed by atoms with Crippen LogP contribution in [0.25, 0.3) is 17.2 Å². The molecule has 0 fully saturated rings. The lowest BCUT2D eigenvalue weighted by atomic mass is 10.3. The number of pyridine rings is 1. The molecule has 0 atom stereocenters. The third-order valence-corrected chi connectivity index (χ3v) is 3.11. The zero-order valence-corrected chi connectivity index (χ0v) is 12.3. The fourth-order valence-corrected chi connectivity index (χ4v) is 2.05. The zero-order valence-electron chi connectivity index (χ0n) is 12.3. The van der Waals surface area contributed by atoms with Crippen LogP contribution in [-0.4, -0.2) is 29.7 Å². The summed E-state index contributed by atoms with van der Waals surface area (Å²) in [5.41, 5.74) is 1.95. The molecule has 3 aromatic rings. The summed E-state index contributed by atoms with van der Waals surface area (Å²) in [6, 6.07) is 3.92. The van der Waals surface area contributed by atoms with Crippen molar-refractivity contribution >= 4 is 0 Å². The van der Waals surface area contributed by atoms with Gasteiger partial charge in [-0.25, -0.2) is 19.9 Å². The molecule has 0 aliphatic carbocycles. The molecule has 0 aromatic carbocycles. The zero-order chi connectivity index (χ0) is 14.8. The minimum atomic E-state index is 0.688. The Morgan fingerprint density at radius 1 is 1.10 bits per heavy atom. The minimum Gasteiger partial charge on any atom is -0.241 e. The van der Waals surface area contributed by atoms with Crippen LogP contribution in [0, 0.1) is 13.8 Å². The molecule has 0 amide bonds. The van der Waals surface area contributed by atoms with E-state index in [1.54, 1.807) is 23.3 Å². The van der Waals surface area contributed by atoms with Crippen LogP contribution < -0.4 is 0 Å². The van der Waals surface area contributed by atoms with Crippen LogP contribution in [0.15, 0.2) is 30.7 Å². The van der Waals surface area contributed by atoms with Gasteiger partial charge in [0.25, 0.3) is 0 Å². The van der Waals surface area contributed by atoms with Crippen molar-refractivity contribution in [3.8, 4) is 17.2 Å². The van der Waals surface area contributed by atoms with Crippen molar-refractivity contribution in [1.29, 1.82) is 0 Å². The maximum Gasteiger partial charge on any atom is 0.168 e. The standard InChI is InChI=1S/C15H16N6/c1-4-13-17-8-12(9-18-13)15-19-11(3)20-21(15)14-7-10(2)5-6-16-14/h5-9H,4H2,1-3H3. The highest BCUT2D eigenvalue weighted by Gasteiger charge is 2.13. The van der Waals surface area contributed by atoms with E-state index in [2.05, 4.69) is 25.0 Å². The minimum absolute atomic E-state index is 0.688. The largest absolute Gasteiger partial charge is 0.241 e. The van der Waals surface area contributed by atoms with Crippen molar-refractivity contribution in [2.75, 3.05) is 0 Å². The van der Waals surface area contributed by atoms with E-state index in [-0.39, 0.29) is 0 Å². The SMILES string of the molecule is CCc1ncc(-c2nc(C)nn2-c2cc(C)ccn2)cn1. The van der Waals surface area contributed by atoms with E-state index in [9.17, 15) is 0 Å². The van der Waals surface area contributed by atoms with Gasteiger partial charge in [0.05, 0.1) is 5.56 Å². The molecular formula is C15H16N6. The molecule has 0 N–H and O–H groups in total. The first-order valence-electron chi connectivity index (χ1n) is 6.85. The molecular weight excluding hydrogens is 264 g/mol. The average Bonchev–Trinajstić information content (AvgIpc) is 2.89. The first-order valence-corrected chi connectivity index (χ1v) is 6.85. The first kappa shape index (κ1) is 13.4. The highest BCUT2D eigenvalue weighted by atomic mass is 15.4. The second-order valence-electron chi connectivity index (χ2n) is 4.83. The molecule has 0 spiro atoms. The maximum atomic E-state index is 4.47. The molecule has 106 valence electrons. The summed E-state index contributed by atoms with van der Waals surface area (Å²) in [6.45, 7) is 5.91. The fourth-order valence-electron chi connectivity index (χ4n) is 2.05. The Hall–Kier alpha value is -2.63. The lowest BCUT2D eigenvalue weighted by Gasteiger charge is -2.05. The quantitative estimate of drug-likeness (QED) is 0.736. The Morgan fingerprint density at radius 3 is 2.52 bits per heavy atom. The van der Waals surface area contributed by atoms with Crippen LogP contribution in [-0.2, 0) is 6.42 Å². The Balaban J connectivity index is 2.10. The van der Waals surface area contributed by atoms with Crippen molar-refractivity contribution in [2.24, 2.45) is 0 Å². The van der Waals surface area contributed by atoms with E-state index >= 15 is 0 Å². The second-order valence-corrected chi connectivity index (χ2v) is 4.83. The van der Waals surface area contributed by atoms with Crippen LogP contribution in [0.3, 0.4) is 0 Å². The van der Waals surface area contributed by atoms with E-state index in [0.29, 0.717) is 11.6 Å². The van der Waals surface area contributed by atoms with Crippen LogP contribution in [0.5, 0.6) is 0 Å². The van der Waals surface area contributed by atoms with Gasteiger partial charge in [0, 0.05) is 25.0 Å². The summed E-state index contributed by atoms with van der Waals surface area (Å²) < 4.78 is 1.73. The van der Waals surface area contributed by atoms with Crippen molar-refractivity contribution < 1.29 is 0 Å². The molecule has 6 heteroatoms. The second kappa shape index (κ2) is 5.40. The summed E-state index contributed by atoms with van der Waals surface area (Å²) in [7, 11) is 0. The Labute approximate surface area is 122 Å². The van der Waals surface area contributed by atoms with Gasteiger partial charge < -0.3 is 0 Å². The lowest BCUT2D eigenvalue weighted by molar-refractivity contribution is 0.834. The van der Waals surface area contributed by atoms with Crippen LogP contribution in [0.2, 0.25) is 0 Å². The number of aromatic nitrogens is 6. The smallest absolute Gasteiger partial charge is 0.168 e. The van der Waals surface area contributed by atoms with E-state index in [4.69, 9.17) is 0 Å². The van der Waals surface area contributed by atoms with Crippen molar-refractivity contribution in [3.05, 3.63) is 47.9 Å². The fraction of sp³-hybridized carbons (Fsp3) is 0.267. The molecule has 3 heterocycles. The van der Waals surface area contributed by atoms with Crippen LogP contribution in [0.1, 0.15) is 24.1 Å². The van der Waals surface area contributed by atoms with E-state index in [1.807, 2.05) is 32.9 Å². The van der Waals surface area contributed by atoms with Crippen LogP contribution >= 0.6 is 0 Å². The summed E-state index contributed by atoms with van der Waals surface area (Å²) in [5.74, 6) is 2.95. The predicted molar refractivity (Wildman–Crippen MR) is 79.0 cm³/mol. The molecule has 3 rings (SSSR count). The summed E-state index contributed by atoms with van der Waals surface area (Å²) in [5, 5.41) is 4.43. The molecule has 6 nitrogen and oxygen atoms in total. The van der Waals surface area contributed by atoms with Gasteiger partial charge in [-0.2, -0.15) is 4.68 Å². The molecule has 0 aliphatic rings. The van der Waals surface area contributed by atoms with Gasteiger partial charge in [-0.1, -0.05) is 6.92 Å². The number of aryl methyl sites for hydroxylation is 3. The molecule has 21 heavy (non-hydrogen) atoms. The monoisotopic (exact) mass is 280 g/mol. The number of rotatable bonds is 3. The topological polar surface area (TPSA) is 69.4 Å². The van der Waals surface area contributed by atoms with Gasteiger partial charge in [-0.05, 0) is 31.5 Å². The van der Waals surface area contributed by atoms with E-state index in [1.165, 1.54) is 0 Å². The molecule has 0 saturated carbocycles. The lowest BCUT2D eigenvalue weighted by Crippen LogP contribution is -2.03. The van der Waals surface area contributed by atoms with Gasteiger partial charge >= 0.3 is 0 Å². The van der Waals surface area contributed by atoms with E-state index in [0.717, 1.165) is 29.2 Å². The summed E-state index contributed by atoms with van der Waals surface area (Å²) >= 11 is 0. The van der Waals surface area contributed by atoms with Crippen LogP contribution in [0.4, 0.5) is 0 Å². The van der Waals surface area contributed by atoms with Gasteiger partial charge in [-0.15, -0.1) is 5.10 Å². The van der Waals surface area contributed by atoms with E-state index < -0.39 is 0 Å². The van der Waals surface area contributed by atoms with Gasteiger partial charge in [0.1, 0.15) is 11.6 Å². The van der Waals surface area contributed by atoms with Gasteiger partial charge in [0.15, 0.2) is 11.6 Å². The third-order valence-electron chi connectivity index (χ3n) is 3.11. The normalized spacial score (nSPS) is 10.8. The van der Waals surface area contributed by atoms with Crippen molar-refractivity contribution in [2.45, 2.75) is 27.2 Å². The molecule has 0 unspecified atom stereocenters. The van der Waals surface area contributed by atoms with Crippen molar-refractivity contribution in [1.82, 2.24) is 29.7 Å². The van der Waals surface area contributed by atoms with Crippen molar-refractivity contribution in [3.63, 3.8) is 0 Å². The van der Waals surface area contributed by atoms with Gasteiger partial charge in [-0.3, -0.25) is 0 Å². The number of hydrogen-bond acceptors (Lipinski definition) is 5. The number of hydrogen-bond donors (Lipinski definition) is 0. The highest BCUT2D eigenvalue weighted by molar-refractivity contribution is 5.55. The molecule has 0 radical (unpaired) electrons. The molecule has 0 aliphatic heterocycles. The predicted octanol–water partition coefficient (Wildman–Crippen LogP) is 2.30. The first-order chi connectivity index (χ1) is 10.2. The molecule has 0 saturated heterocycles. The Morgan fingerprint density at radius 2 is 1.86 bits per heavy atom. The number of nitrogens with zero attached hydrogens (tertiary/aromatic N) is 6. The Kier molecular flexibility index (Phi) is 3.43. The molecule has 0 bridgehead atoms. The summed E-state index contributed by atoms with van der Waals surface area (Å²) in [6.07, 6.45) is 6.14. The van der Waals surface area contributed by atoms with Gasteiger partial charge in [0.2, 0.25) is 0 Å². The summed E-state index contributed by atoms with van der Waals surface area (Å²) in [4.78, 5) is 17.5. The maximum absolute atomic E-state index is 4.47. The third kappa shape index (κ3) is 2.65. The molecule has 3 aromatic heterocycles.